The van der Waals surface area contributed by atoms with Crippen molar-refractivity contribution >= 4 is 11.8 Å². The van der Waals surface area contributed by atoms with Gasteiger partial charge in [-0.2, -0.15) is 0 Å². The van der Waals surface area contributed by atoms with E-state index in [1.165, 1.54) is 76.8 Å². The number of anilines is 1. The molecule has 1 amide bonds. The highest BCUT2D eigenvalue weighted by Crippen LogP contribution is 2.30. The van der Waals surface area contributed by atoms with Gasteiger partial charge in [-0.25, -0.2) is 4.79 Å². The third kappa shape index (κ3) is 10.1. The van der Waals surface area contributed by atoms with E-state index in [2.05, 4.69) is 56.2 Å². The molecule has 0 atom stereocenters. The molecule has 0 saturated carbocycles. The van der Waals surface area contributed by atoms with Gasteiger partial charge in [0.05, 0.1) is 5.69 Å². The number of likely N-dealkylation sites (tertiary alicyclic amines) is 1. The summed E-state index contributed by atoms with van der Waals surface area (Å²) < 4.78 is 5.99. The smallest absolute Gasteiger partial charge is 0.412 e. The lowest BCUT2D eigenvalue weighted by molar-refractivity contribution is -0.0163. The highest BCUT2D eigenvalue weighted by molar-refractivity contribution is 5.91. The minimum atomic E-state index is -0.422. The number of hydrogen-bond donors (Lipinski definition) is 1. The van der Waals surface area contributed by atoms with Crippen molar-refractivity contribution in [3.8, 4) is 11.1 Å². The zero-order valence-corrected chi connectivity index (χ0v) is 26.6. The Balaban J connectivity index is 0.890. The molecular weight excluding hydrogens is 546 g/mol. The van der Waals surface area contributed by atoms with Crippen LogP contribution in [0.25, 0.3) is 11.1 Å². The molecule has 2 saturated heterocycles. The van der Waals surface area contributed by atoms with E-state index in [4.69, 9.17) is 4.74 Å². The Kier molecular flexibility index (Phi) is 12.2. The van der Waals surface area contributed by atoms with E-state index in [9.17, 15) is 4.79 Å². The molecule has 2 fully saturated rings. The number of unbranched alkanes of at least 4 members (excludes halogenated alkanes) is 5. The first-order valence-corrected chi connectivity index (χ1v) is 16.8. The van der Waals surface area contributed by atoms with Gasteiger partial charge in [0.1, 0.15) is 5.60 Å². The number of carbonyl (C=O) groups is 1. The van der Waals surface area contributed by atoms with Crippen LogP contribution in [0.5, 0.6) is 0 Å². The van der Waals surface area contributed by atoms with Crippen LogP contribution in [-0.2, 0) is 11.3 Å². The Morgan fingerprint density at radius 3 is 1.98 bits per heavy atom. The Hall–Kier alpha value is -3.26. The number of ether oxygens (including phenoxy) is 1. The van der Waals surface area contributed by atoms with Gasteiger partial charge < -0.3 is 14.5 Å². The summed E-state index contributed by atoms with van der Waals surface area (Å²) in [6, 6.07) is 22.3. The lowest BCUT2D eigenvalue weighted by Crippen LogP contribution is -2.46. The number of carbonyl (C=O) groups excluding carboxylic acids is 1. The normalized spacial score (nSPS) is 17.8. The molecule has 3 heterocycles. The van der Waals surface area contributed by atoms with Crippen molar-refractivity contribution in [2.75, 3.05) is 57.7 Å². The molecule has 2 aromatic carbocycles. The predicted octanol–water partition coefficient (Wildman–Crippen LogP) is 7.31. The summed E-state index contributed by atoms with van der Waals surface area (Å²) in [6.45, 7) is 12.2. The first-order valence-electron chi connectivity index (χ1n) is 16.8. The summed E-state index contributed by atoms with van der Waals surface area (Å²) in [5.74, 6) is 0. The SMILES string of the molecule is CC1(OC(=O)Nc2ccccc2-c2ccccc2)CCN(CCCCCCCCN2CCN(Cc3ccncc3)CC2)CC1. The quantitative estimate of drug-likeness (QED) is 0.197. The van der Waals surface area contributed by atoms with Crippen LogP contribution in [0.2, 0.25) is 0 Å². The Morgan fingerprint density at radius 1 is 0.727 bits per heavy atom. The highest BCUT2D eigenvalue weighted by atomic mass is 16.6. The molecule has 0 unspecified atom stereocenters. The number of piperidine rings is 1. The number of pyridine rings is 1. The second kappa shape index (κ2) is 16.7. The van der Waals surface area contributed by atoms with Crippen molar-refractivity contribution in [1.82, 2.24) is 19.7 Å². The van der Waals surface area contributed by atoms with E-state index in [1.807, 2.05) is 54.9 Å². The van der Waals surface area contributed by atoms with Gasteiger partial charge in [-0.3, -0.25) is 15.2 Å². The number of benzene rings is 2. The molecule has 3 aromatic rings. The minimum absolute atomic E-state index is 0.368. The number of hydrogen-bond acceptors (Lipinski definition) is 6. The second-order valence-corrected chi connectivity index (χ2v) is 12.8. The van der Waals surface area contributed by atoms with Crippen LogP contribution >= 0.6 is 0 Å². The Morgan fingerprint density at radius 2 is 1.30 bits per heavy atom. The molecule has 7 nitrogen and oxygen atoms in total. The summed E-state index contributed by atoms with van der Waals surface area (Å²) in [6.07, 6.45) is 13.1. The van der Waals surface area contributed by atoms with Gasteiger partial charge in [0, 0.05) is 63.8 Å². The topological polar surface area (TPSA) is 60.9 Å². The third-order valence-electron chi connectivity index (χ3n) is 9.32. The van der Waals surface area contributed by atoms with Gasteiger partial charge >= 0.3 is 6.09 Å². The van der Waals surface area contributed by atoms with E-state index in [1.54, 1.807) is 0 Å². The number of nitrogens with one attached hydrogen (secondary N) is 1. The fraction of sp³-hybridized carbons (Fsp3) is 0.514. The number of nitrogens with zero attached hydrogens (tertiary/aromatic N) is 4. The lowest BCUT2D eigenvalue weighted by Gasteiger charge is -2.38. The van der Waals surface area contributed by atoms with Crippen LogP contribution in [0.1, 0.15) is 63.9 Å². The van der Waals surface area contributed by atoms with Gasteiger partial charge in [-0.05, 0) is 75.0 Å². The van der Waals surface area contributed by atoms with Crippen LogP contribution in [0.15, 0.2) is 79.1 Å². The van der Waals surface area contributed by atoms with Gasteiger partial charge in [0.25, 0.3) is 0 Å². The van der Waals surface area contributed by atoms with E-state index >= 15 is 0 Å². The van der Waals surface area contributed by atoms with Crippen LogP contribution in [0.4, 0.5) is 10.5 Å². The van der Waals surface area contributed by atoms with E-state index in [-0.39, 0.29) is 6.09 Å². The van der Waals surface area contributed by atoms with Crippen molar-refractivity contribution < 1.29 is 9.53 Å². The average molecular weight is 598 g/mol. The molecule has 1 N–H and O–H groups in total. The van der Waals surface area contributed by atoms with Gasteiger partial charge in [0.2, 0.25) is 0 Å². The zero-order valence-electron chi connectivity index (χ0n) is 26.6. The van der Waals surface area contributed by atoms with Crippen molar-refractivity contribution in [2.24, 2.45) is 0 Å². The van der Waals surface area contributed by atoms with Gasteiger partial charge in [-0.15, -0.1) is 0 Å². The fourth-order valence-electron chi connectivity index (χ4n) is 6.47. The van der Waals surface area contributed by atoms with Crippen molar-refractivity contribution in [1.29, 1.82) is 0 Å². The molecule has 236 valence electrons. The number of rotatable bonds is 14. The fourth-order valence-corrected chi connectivity index (χ4v) is 6.47. The molecule has 2 aliphatic heterocycles. The number of piperazine rings is 1. The molecule has 1 aromatic heterocycles. The van der Waals surface area contributed by atoms with Crippen LogP contribution in [0, 0.1) is 0 Å². The van der Waals surface area contributed by atoms with E-state index in [0.29, 0.717) is 0 Å². The first-order chi connectivity index (χ1) is 21.6. The molecule has 44 heavy (non-hydrogen) atoms. The maximum absolute atomic E-state index is 12.9. The summed E-state index contributed by atoms with van der Waals surface area (Å²) in [4.78, 5) is 24.8. The molecule has 0 radical (unpaired) electrons. The van der Waals surface area contributed by atoms with E-state index in [0.717, 1.165) is 55.8 Å². The van der Waals surface area contributed by atoms with Crippen LogP contribution < -0.4 is 5.32 Å². The second-order valence-electron chi connectivity index (χ2n) is 12.8. The monoisotopic (exact) mass is 597 g/mol. The maximum Gasteiger partial charge on any atom is 0.412 e. The molecule has 5 rings (SSSR count). The Labute approximate surface area is 264 Å². The standard InChI is InChI=1S/C37H51N5O2/c1-37(44-36(43)39-35-16-10-9-15-34(35)33-13-7-6-8-14-33)19-25-40(26-20-37)23-11-4-2-3-5-12-24-41-27-29-42(30-28-41)31-32-17-21-38-22-18-32/h6-10,13-18,21-22H,2-5,11-12,19-20,23-31H2,1H3,(H,39,43). The van der Waals surface area contributed by atoms with Gasteiger partial charge in [0.15, 0.2) is 0 Å². The predicted molar refractivity (Wildman–Crippen MR) is 180 cm³/mol. The Bertz CT molecular complexity index is 1260. The maximum atomic E-state index is 12.9. The summed E-state index contributed by atoms with van der Waals surface area (Å²) in [7, 11) is 0. The van der Waals surface area contributed by atoms with Gasteiger partial charge in [-0.1, -0.05) is 74.2 Å². The minimum Gasteiger partial charge on any atom is -0.443 e. The summed E-state index contributed by atoms with van der Waals surface area (Å²) in [5.41, 5.74) is 3.79. The molecule has 2 aliphatic rings. The summed E-state index contributed by atoms with van der Waals surface area (Å²) >= 11 is 0. The average Bonchev–Trinajstić information content (AvgIpc) is 3.05. The lowest BCUT2D eigenvalue weighted by atomic mass is 9.93. The van der Waals surface area contributed by atoms with Crippen LogP contribution in [0.3, 0.4) is 0 Å². The first kappa shape index (κ1) is 32.1. The highest BCUT2D eigenvalue weighted by Gasteiger charge is 2.33. The molecule has 7 heteroatoms. The molecular formula is C37H51N5O2. The van der Waals surface area contributed by atoms with E-state index < -0.39 is 5.60 Å². The number of aromatic nitrogens is 1. The number of para-hydroxylation sites is 1. The van der Waals surface area contributed by atoms with Crippen molar-refractivity contribution in [2.45, 2.75) is 70.4 Å². The van der Waals surface area contributed by atoms with Crippen LogP contribution in [-0.4, -0.2) is 83.7 Å². The molecule has 0 aliphatic carbocycles. The van der Waals surface area contributed by atoms with Crippen molar-refractivity contribution in [3.05, 3.63) is 84.7 Å². The number of amides is 1. The largest absolute Gasteiger partial charge is 0.443 e. The third-order valence-corrected chi connectivity index (χ3v) is 9.32. The molecule has 0 spiro atoms. The zero-order chi connectivity index (χ0) is 30.5. The molecule has 0 bridgehead atoms. The summed E-state index contributed by atoms with van der Waals surface area (Å²) in [5, 5.41) is 3.00. The van der Waals surface area contributed by atoms with Crippen molar-refractivity contribution in [3.63, 3.8) is 0 Å².